The first-order valence-electron chi connectivity index (χ1n) is 9.89. The first-order valence-corrected chi connectivity index (χ1v) is 10.3. The average Bonchev–Trinajstić information content (AvgIpc) is 3.03. The molecule has 1 aromatic carbocycles. The van der Waals surface area contributed by atoms with Gasteiger partial charge in [0.25, 0.3) is 0 Å². The molecule has 2 N–H and O–H groups in total. The number of anilines is 1. The van der Waals surface area contributed by atoms with Crippen LogP contribution in [0.5, 0.6) is 0 Å². The Labute approximate surface area is 180 Å². The van der Waals surface area contributed by atoms with Crippen LogP contribution in [-0.4, -0.2) is 48.0 Å². The minimum atomic E-state index is -0.555. The highest BCUT2D eigenvalue weighted by atomic mass is 35.5. The predicted molar refractivity (Wildman–Crippen MR) is 120 cm³/mol. The Hall–Kier alpha value is -2.93. The van der Waals surface area contributed by atoms with Crippen molar-refractivity contribution in [1.29, 1.82) is 0 Å². The second-order valence-corrected chi connectivity index (χ2v) is 7.82. The van der Waals surface area contributed by atoms with Crippen LogP contribution in [0.1, 0.15) is 19.4 Å². The van der Waals surface area contributed by atoms with Gasteiger partial charge in [-0.05, 0) is 44.5 Å². The van der Waals surface area contributed by atoms with E-state index in [-0.39, 0.29) is 18.5 Å². The number of benzene rings is 1. The maximum atomic E-state index is 12.8. The summed E-state index contributed by atoms with van der Waals surface area (Å²) in [4.78, 5) is 30.7. The summed E-state index contributed by atoms with van der Waals surface area (Å²) in [7, 11) is 0. The number of carbonyl (C=O) groups is 1. The highest BCUT2D eigenvalue weighted by molar-refractivity contribution is 6.31. The molecule has 3 rings (SSSR count). The molecule has 1 aromatic heterocycles. The van der Waals surface area contributed by atoms with Crippen molar-refractivity contribution in [2.75, 3.05) is 31.1 Å². The summed E-state index contributed by atoms with van der Waals surface area (Å²) in [5.41, 5.74) is 3.19. The maximum Gasteiger partial charge on any atom is 0.417 e. The molecule has 1 amide bonds. The van der Waals surface area contributed by atoms with Crippen molar-refractivity contribution in [2.24, 2.45) is 0 Å². The van der Waals surface area contributed by atoms with Gasteiger partial charge in [0.05, 0.1) is 11.9 Å². The normalized spacial score (nSPS) is 18.1. The number of aromatic nitrogens is 1. The Bertz CT molecular complexity index is 1120. The van der Waals surface area contributed by atoms with Crippen LogP contribution in [0.15, 0.2) is 39.2 Å². The van der Waals surface area contributed by atoms with Gasteiger partial charge in [0.2, 0.25) is 5.91 Å². The third kappa shape index (κ3) is 4.97. The zero-order chi connectivity index (χ0) is 21.8. The van der Waals surface area contributed by atoms with Gasteiger partial charge < -0.3 is 19.5 Å². The number of aryl methyl sites for hydroxylation is 1. The fourth-order valence-corrected chi connectivity index (χ4v) is 3.65. The van der Waals surface area contributed by atoms with E-state index in [2.05, 4.69) is 34.8 Å². The van der Waals surface area contributed by atoms with Crippen molar-refractivity contribution >= 4 is 35.9 Å². The Morgan fingerprint density at radius 1 is 1.43 bits per heavy atom. The van der Waals surface area contributed by atoms with Gasteiger partial charge in [0.1, 0.15) is 0 Å². The van der Waals surface area contributed by atoms with Crippen LogP contribution in [0.2, 0.25) is 5.02 Å². The number of nitrogens with zero attached hydrogens (tertiary/aromatic N) is 2. The number of amides is 1. The van der Waals surface area contributed by atoms with E-state index in [1.165, 1.54) is 0 Å². The van der Waals surface area contributed by atoms with Crippen molar-refractivity contribution in [3.05, 3.63) is 61.9 Å². The number of hydrogen-bond donors (Lipinski definition) is 2. The standard InChI is InChI=1S/C22H27ClN4O3/c1-5-17(11-20-16(4)25-22(29)30-20)24-12-21(28)27-9-8-26(13-15(27)3)18-6-7-19(23)14(2)10-18/h5-7,10-11,15,24H,4,8-9,12-13H2,1-3H3,(H,25,29)/b17-5+,20-11+/t15-/m1/s1. The summed E-state index contributed by atoms with van der Waals surface area (Å²) in [5, 5.41) is 4.27. The topological polar surface area (TPSA) is 81.6 Å². The summed E-state index contributed by atoms with van der Waals surface area (Å²) in [6, 6.07) is 6.09. The number of allylic oxidation sites excluding steroid dienone is 2. The molecule has 0 spiro atoms. The number of aromatic amines is 1. The van der Waals surface area contributed by atoms with Crippen LogP contribution < -0.4 is 26.7 Å². The molecule has 1 saturated heterocycles. The molecule has 0 bridgehead atoms. The molecular weight excluding hydrogens is 404 g/mol. The Kier molecular flexibility index (Phi) is 6.72. The zero-order valence-electron chi connectivity index (χ0n) is 17.5. The SMILES string of the molecule is C=c1[nH]c(=O)o/c1=C/C(=C\C)NCC(=O)N1CCN(c2ccc(Cl)c(C)c2)C[C@H]1C. The van der Waals surface area contributed by atoms with E-state index >= 15 is 0 Å². The monoisotopic (exact) mass is 430 g/mol. The number of hydrogen-bond acceptors (Lipinski definition) is 5. The van der Waals surface area contributed by atoms with E-state index in [4.69, 9.17) is 16.0 Å². The van der Waals surface area contributed by atoms with Gasteiger partial charge in [-0.15, -0.1) is 0 Å². The van der Waals surface area contributed by atoms with E-state index in [1.54, 1.807) is 6.08 Å². The summed E-state index contributed by atoms with van der Waals surface area (Å²) in [6.07, 6.45) is 3.46. The fraction of sp³-hybridized carbons (Fsp3) is 0.364. The summed E-state index contributed by atoms with van der Waals surface area (Å²) >= 11 is 6.13. The Balaban J connectivity index is 1.60. The largest absolute Gasteiger partial charge is 0.417 e. The van der Waals surface area contributed by atoms with Crippen molar-refractivity contribution in [2.45, 2.75) is 26.8 Å². The lowest BCUT2D eigenvalue weighted by atomic mass is 10.1. The van der Waals surface area contributed by atoms with Crippen LogP contribution >= 0.6 is 11.6 Å². The first-order chi connectivity index (χ1) is 14.3. The van der Waals surface area contributed by atoms with Crippen molar-refractivity contribution in [3.63, 3.8) is 0 Å². The summed E-state index contributed by atoms with van der Waals surface area (Å²) in [6.45, 7) is 11.9. The van der Waals surface area contributed by atoms with Gasteiger partial charge in [-0.3, -0.25) is 9.78 Å². The van der Waals surface area contributed by atoms with Gasteiger partial charge in [-0.25, -0.2) is 4.79 Å². The molecule has 160 valence electrons. The van der Waals surface area contributed by atoms with Gasteiger partial charge in [0.15, 0.2) is 5.42 Å². The number of halogens is 1. The molecular formula is C22H27ClN4O3. The molecule has 0 radical (unpaired) electrons. The quantitative estimate of drug-likeness (QED) is 0.748. The molecule has 0 aliphatic carbocycles. The molecule has 1 aliphatic rings. The number of oxazole rings is 1. The van der Waals surface area contributed by atoms with E-state index < -0.39 is 5.76 Å². The lowest BCUT2D eigenvalue weighted by Gasteiger charge is -2.41. The number of H-pyrrole nitrogens is 1. The Morgan fingerprint density at radius 3 is 2.80 bits per heavy atom. The van der Waals surface area contributed by atoms with Crippen molar-refractivity contribution in [1.82, 2.24) is 15.2 Å². The number of nitrogens with one attached hydrogen (secondary N) is 2. The molecule has 2 aromatic rings. The van der Waals surface area contributed by atoms with E-state index in [0.29, 0.717) is 23.0 Å². The van der Waals surface area contributed by atoms with Gasteiger partial charge >= 0.3 is 5.76 Å². The number of carbonyl (C=O) groups excluding carboxylic acids is 1. The van der Waals surface area contributed by atoms with Crippen LogP contribution in [0.25, 0.3) is 12.7 Å². The molecule has 1 fully saturated rings. The fourth-order valence-electron chi connectivity index (χ4n) is 3.53. The average molecular weight is 431 g/mol. The third-order valence-electron chi connectivity index (χ3n) is 5.25. The molecule has 7 nitrogen and oxygen atoms in total. The number of piperazine rings is 1. The lowest BCUT2D eigenvalue weighted by Crippen LogP contribution is -2.55. The molecule has 30 heavy (non-hydrogen) atoms. The first kappa shape index (κ1) is 21.8. The minimum Gasteiger partial charge on any atom is -0.408 e. The molecule has 1 aliphatic heterocycles. The maximum absolute atomic E-state index is 12.8. The van der Waals surface area contributed by atoms with Gasteiger partial charge in [-0.1, -0.05) is 24.3 Å². The van der Waals surface area contributed by atoms with E-state index in [0.717, 1.165) is 29.4 Å². The molecule has 0 unspecified atom stereocenters. The summed E-state index contributed by atoms with van der Waals surface area (Å²) in [5.74, 6) is -0.534. The highest BCUT2D eigenvalue weighted by Crippen LogP contribution is 2.24. The van der Waals surface area contributed by atoms with Crippen LogP contribution in [0.3, 0.4) is 0 Å². The van der Waals surface area contributed by atoms with Gasteiger partial charge in [0, 0.05) is 48.2 Å². The predicted octanol–water partition coefficient (Wildman–Crippen LogP) is 1.35. The third-order valence-corrected chi connectivity index (χ3v) is 5.67. The smallest absolute Gasteiger partial charge is 0.408 e. The van der Waals surface area contributed by atoms with Crippen LogP contribution in [-0.2, 0) is 4.79 Å². The second-order valence-electron chi connectivity index (χ2n) is 7.41. The minimum absolute atomic E-state index is 0.0209. The Morgan fingerprint density at radius 2 is 2.20 bits per heavy atom. The van der Waals surface area contributed by atoms with E-state index in [1.807, 2.05) is 37.0 Å². The molecule has 1 atom stereocenters. The molecule has 8 heteroatoms. The van der Waals surface area contributed by atoms with Crippen LogP contribution in [0.4, 0.5) is 5.69 Å². The van der Waals surface area contributed by atoms with Crippen LogP contribution in [0, 0.1) is 6.92 Å². The van der Waals surface area contributed by atoms with Crippen molar-refractivity contribution in [3.8, 4) is 0 Å². The number of rotatable bonds is 5. The second kappa shape index (κ2) is 9.26. The zero-order valence-corrected chi connectivity index (χ0v) is 18.3. The molecule has 0 saturated carbocycles. The lowest BCUT2D eigenvalue weighted by molar-refractivity contribution is -0.132. The van der Waals surface area contributed by atoms with Crippen molar-refractivity contribution < 1.29 is 9.21 Å². The highest BCUT2D eigenvalue weighted by Gasteiger charge is 2.27. The molecule has 2 heterocycles. The van der Waals surface area contributed by atoms with Gasteiger partial charge in [-0.2, -0.15) is 0 Å². The van der Waals surface area contributed by atoms with E-state index in [9.17, 15) is 9.59 Å². The summed E-state index contributed by atoms with van der Waals surface area (Å²) < 4.78 is 5.04.